The third-order valence-corrected chi connectivity index (χ3v) is 3.96. The topological polar surface area (TPSA) is 41.6 Å². The number of ether oxygens (including phenoxy) is 1. The third-order valence-electron chi connectivity index (χ3n) is 3.96. The molecule has 3 unspecified atom stereocenters. The van der Waals surface area contributed by atoms with E-state index in [1.807, 2.05) is 31.3 Å². The number of benzene rings is 1. The number of nitrogens with zero attached hydrogens (tertiary/aromatic N) is 1. The molecule has 0 aromatic heterocycles. The number of hydrogen-bond acceptors (Lipinski definition) is 3. The lowest BCUT2D eigenvalue weighted by molar-refractivity contribution is -0.129. The van der Waals surface area contributed by atoms with Crippen LogP contribution in [0.4, 0.5) is 0 Å². The Hall–Kier alpha value is -1.55. The zero-order chi connectivity index (χ0) is 14.0. The van der Waals surface area contributed by atoms with E-state index in [0.29, 0.717) is 5.92 Å². The molecule has 1 aromatic rings. The molecular weight excluding hydrogens is 240 g/mol. The molecule has 2 rings (SSSR count). The first kappa shape index (κ1) is 13.9. The molecule has 1 aliphatic rings. The molecule has 4 nitrogen and oxygen atoms in total. The van der Waals surface area contributed by atoms with Gasteiger partial charge in [0.05, 0.1) is 13.2 Å². The fourth-order valence-electron chi connectivity index (χ4n) is 2.47. The SMILES string of the molecule is CCC(C)C1NC(c2cccc(OC)c2)N(C)C1=O. The van der Waals surface area contributed by atoms with Crippen molar-refractivity contribution in [1.82, 2.24) is 10.2 Å². The van der Waals surface area contributed by atoms with Crippen LogP contribution in [-0.2, 0) is 4.79 Å². The molecule has 1 N–H and O–H groups in total. The molecule has 1 aliphatic heterocycles. The van der Waals surface area contributed by atoms with Gasteiger partial charge in [-0.3, -0.25) is 10.1 Å². The van der Waals surface area contributed by atoms with Crippen LogP contribution in [0.15, 0.2) is 24.3 Å². The van der Waals surface area contributed by atoms with Crippen LogP contribution in [0.1, 0.15) is 32.0 Å². The van der Waals surface area contributed by atoms with E-state index in [0.717, 1.165) is 17.7 Å². The maximum Gasteiger partial charge on any atom is 0.241 e. The average Bonchev–Trinajstić information content (AvgIpc) is 2.75. The van der Waals surface area contributed by atoms with E-state index in [1.165, 1.54) is 0 Å². The second kappa shape index (κ2) is 5.61. The predicted molar refractivity (Wildman–Crippen MR) is 74.9 cm³/mol. The quantitative estimate of drug-likeness (QED) is 0.904. The largest absolute Gasteiger partial charge is 0.497 e. The molecule has 1 fully saturated rings. The van der Waals surface area contributed by atoms with Crippen molar-refractivity contribution in [3.8, 4) is 5.75 Å². The summed E-state index contributed by atoms with van der Waals surface area (Å²) in [5.74, 6) is 1.32. The van der Waals surface area contributed by atoms with E-state index in [9.17, 15) is 4.79 Å². The number of hydrogen-bond donors (Lipinski definition) is 1. The Balaban J connectivity index is 2.23. The summed E-state index contributed by atoms with van der Waals surface area (Å²) in [5.41, 5.74) is 1.06. The van der Waals surface area contributed by atoms with Gasteiger partial charge < -0.3 is 9.64 Å². The van der Waals surface area contributed by atoms with Gasteiger partial charge in [-0.25, -0.2) is 0 Å². The number of nitrogens with one attached hydrogen (secondary N) is 1. The smallest absolute Gasteiger partial charge is 0.241 e. The van der Waals surface area contributed by atoms with Crippen molar-refractivity contribution in [1.29, 1.82) is 0 Å². The second-order valence-corrected chi connectivity index (χ2v) is 5.16. The van der Waals surface area contributed by atoms with Gasteiger partial charge in [-0.05, 0) is 23.6 Å². The Morgan fingerprint density at radius 2 is 2.21 bits per heavy atom. The van der Waals surface area contributed by atoms with Gasteiger partial charge in [0.25, 0.3) is 0 Å². The van der Waals surface area contributed by atoms with Crippen molar-refractivity contribution < 1.29 is 9.53 Å². The number of carbonyl (C=O) groups is 1. The summed E-state index contributed by atoms with van der Waals surface area (Å²) in [4.78, 5) is 14.1. The maximum atomic E-state index is 12.3. The van der Waals surface area contributed by atoms with Crippen LogP contribution >= 0.6 is 0 Å². The summed E-state index contributed by atoms with van der Waals surface area (Å²) in [6.45, 7) is 4.22. The number of methoxy groups -OCH3 is 1. The molecule has 19 heavy (non-hydrogen) atoms. The first-order valence-corrected chi connectivity index (χ1v) is 6.75. The molecule has 0 saturated carbocycles. The summed E-state index contributed by atoms with van der Waals surface area (Å²) in [6.07, 6.45) is 0.920. The molecule has 1 saturated heterocycles. The van der Waals surface area contributed by atoms with Crippen molar-refractivity contribution in [2.45, 2.75) is 32.5 Å². The van der Waals surface area contributed by atoms with Crippen molar-refractivity contribution in [2.75, 3.05) is 14.2 Å². The van der Waals surface area contributed by atoms with Crippen LogP contribution in [-0.4, -0.2) is 31.0 Å². The van der Waals surface area contributed by atoms with Crippen molar-refractivity contribution >= 4 is 5.91 Å². The van der Waals surface area contributed by atoms with E-state index < -0.39 is 0 Å². The Morgan fingerprint density at radius 3 is 2.84 bits per heavy atom. The van der Waals surface area contributed by atoms with E-state index in [1.54, 1.807) is 12.0 Å². The van der Waals surface area contributed by atoms with Gasteiger partial charge in [0.1, 0.15) is 11.9 Å². The van der Waals surface area contributed by atoms with E-state index in [4.69, 9.17) is 4.74 Å². The molecule has 0 bridgehead atoms. The number of amides is 1. The Bertz CT molecular complexity index is 461. The molecule has 1 amide bonds. The molecule has 0 spiro atoms. The highest BCUT2D eigenvalue weighted by Crippen LogP contribution is 2.29. The van der Waals surface area contributed by atoms with Crippen molar-refractivity contribution in [2.24, 2.45) is 5.92 Å². The molecule has 0 radical (unpaired) electrons. The summed E-state index contributed by atoms with van der Waals surface area (Å²) in [5, 5.41) is 3.43. The van der Waals surface area contributed by atoms with Gasteiger partial charge in [0, 0.05) is 7.05 Å². The van der Waals surface area contributed by atoms with Crippen LogP contribution in [0.5, 0.6) is 5.75 Å². The molecule has 4 heteroatoms. The maximum absolute atomic E-state index is 12.3. The molecule has 3 atom stereocenters. The predicted octanol–water partition coefficient (Wildman–Crippen LogP) is 2.17. The lowest BCUT2D eigenvalue weighted by Crippen LogP contribution is -2.35. The van der Waals surface area contributed by atoms with Crippen LogP contribution in [0, 0.1) is 5.92 Å². The van der Waals surface area contributed by atoms with E-state index in [-0.39, 0.29) is 18.1 Å². The monoisotopic (exact) mass is 262 g/mol. The zero-order valence-electron chi connectivity index (χ0n) is 12.0. The third kappa shape index (κ3) is 2.59. The number of rotatable bonds is 4. The first-order valence-electron chi connectivity index (χ1n) is 6.75. The highest BCUT2D eigenvalue weighted by molar-refractivity contribution is 5.84. The normalized spacial score (nSPS) is 24.6. The molecular formula is C15H22N2O2. The summed E-state index contributed by atoms with van der Waals surface area (Å²) in [7, 11) is 3.50. The van der Waals surface area contributed by atoms with E-state index >= 15 is 0 Å². The van der Waals surface area contributed by atoms with Gasteiger partial charge >= 0.3 is 0 Å². The van der Waals surface area contributed by atoms with Crippen LogP contribution < -0.4 is 10.1 Å². The summed E-state index contributed by atoms with van der Waals surface area (Å²) in [6, 6.07) is 7.76. The minimum Gasteiger partial charge on any atom is -0.497 e. The second-order valence-electron chi connectivity index (χ2n) is 5.16. The Kier molecular flexibility index (Phi) is 4.10. The van der Waals surface area contributed by atoms with Crippen LogP contribution in [0.25, 0.3) is 0 Å². The zero-order valence-corrected chi connectivity index (χ0v) is 12.0. The van der Waals surface area contributed by atoms with Gasteiger partial charge in [0.2, 0.25) is 5.91 Å². The first-order chi connectivity index (χ1) is 9.08. The highest BCUT2D eigenvalue weighted by atomic mass is 16.5. The fraction of sp³-hybridized carbons (Fsp3) is 0.533. The lowest BCUT2D eigenvalue weighted by Gasteiger charge is -2.20. The summed E-state index contributed by atoms with van der Waals surface area (Å²) >= 11 is 0. The number of carbonyl (C=O) groups excluding carboxylic acids is 1. The Morgan fingerprint density at radius 1 is 1.47 bits per heavy atom. The standard InChI is InChI=1S/C15H22N2O2/c1-5-10(2)13-15(18)17(3)14(16-13)11-7-6-8-12(9-11)19-4/h6-10,13-14,16H,5H2,1-4H3. The average molecular weight is 262 g/mol. The Labute approximate surface area is 114 Å². The van der Waals surface area contributed by atoms with Crippen LogP contribution in [0.3, 0.4) is 0 Å². The van der Waals surface area contributed by atoms with Crippen molar-refractivity contribution in [3.05, 3.63) is 29.8 Å². The van der Waals surface area contributed by atoms with E-state index in [2.05, 4.69) is 19.2 Å². The molecule has 0 aliphatic carbocycles. The lowest BCUT2D eigenvalue weighted by atomic mass is 9.99. The highest BCUT2D eigenvalue weighted by Gasteiger charge is 2.39. The summed E-state index contributed by atoms with van der Waals surface area (Å²) < 4.78 is 5.24. The minimum atomic E-state index is -0.0915. The van der Waals surface area contributed by atoms with Crippen molar-refractivity contribution in [3.63, 3.8) is 0 Å². The van der Waals surface area contributed by atoms with Gasteiger partial charge in [-0.15, -0.1) is 0 Å². The molecule has 1 heterocycles. The van der Waals surface area contributed by atoms with Gasteiger partial charge in [-0.2, -0.15) is 0 Å². The fourth-order valence-corrected chi connectivity index (χ4v) is 2.47. The molecule has 1 aromatic carbocycles. The van der Waals surface area contributed by atoms with Gasteiger partial charge in [-0.1, -0.05) is 32.4 Å². The minimum absolute atomic E-state index is 0.0680. The number of likely N-dealkylation sites (N-methyl/N-ethyl adjacent to an activating group) is 1. The molecule has 104 valence electrons. The van der Waals surface area contributed by atoms with Crippen LogP contribution in [0.2, 0.25) is 0 Å². The van der Waals surface area contributed by atoms with Gasteiger partial charge in [0.15, 0.2) is 0 Å².